The van der Waals surface area contributed by atoms with Gasteiger partial charge in [0.2, 0.25) is 0 Å². The predicted molar refractivity (Wildman–Crippen MR) is 96.0 cm³/mol. The SMILES string of the molecule is CCn1cc(NC(=O)c2c(OC)cccc2OC)c(C(=O)OC(C)C)n1. The predicted octanol–water partition coefficient (Wildman–Crippen LogP) is 2.74. The molecule has 1 heterocycles. The summed E-state index contributed by atoms with van der Waals surface area (Å²) in [5, 5.41) is 6.88. The fourth-order valence-electron chi connectivity index (χ4n) is 2.36. The summed E-state index contributed by atoms with van der Waals surface area (Å²) in [6.07, 6.45) is 1.28. The highest BCUT2D eigenvalue weighted by Gasteiger charge is 2.24. The number of aromatic nitrogens is 2. The quantitative estimate of drug-likeness (QED) is 0.763. The standard InChI is InChI=1S/C18H23N3O5/c1-6-21-10-12(16(20-21)18(23)26-11(2)3)19-17(22)15-13(24-4)8-7-9-14(15)25-5/h7-11H,6H2,1-5H3,(H,19,22). The molecule has 26 heavy (non-hydrogen) atoms. The van der Waals surface area contributed by atoms with Crippen LogP contribution >= 0.6 is 0 Å². The Kier molecular flexibility index (Phi) is 6.21. The first kappa shape index (κ1) is 19.3. The number of aryl methyl sites for hydroxylation is 1. The molecule has 0 saturated carbocycles. The number of hydrogen-bond donors (Lipinski definition) is 1. The topological polar surface area (TPSA) is 91.7 Å². The van der Waals surface area contributed by atoms with Gasteiger partial charge in [-0.05, 0) is 32.9 Å². The third-order valence-corrected chi connectivity index (χ3v) is 3.52. The number of nitrogens with one attached hydrogen (secondary N) is 1. The van der Waals surface area contributed by atoms with E-state index >= 15 is 0 Å². The second-order valence-corrected chi connectivity index (χ2v) is 5.69. The van der Waals surface area contributed by atoms with Crippen LogP contribution in [0, 0.1) is 0 Å². The molecule has 0 aliphatic rings. The molecule has 140 valence electrons. The summed E-state index contributed by atoms with van der Waals surface area (Å²) in [6.45, 7) is 5.90. The number of rotatable bonds is 7. The summed E-state index contributed by atoms with van der Waals surface area (Å²) < 4.78 is 17.2. The van der Waals surface area contributed by atoms with Crippen LogP contribution in [0.5, 0.6) is 11.5 Å². The van der Waals surface area contributed by atoms with Crippen LogP contribution < -0.4 is 14.8 Å². The average molecular weight is 361 g/mol. The normalized spacial score (nSPS) is 10.5. The van der Waals surface area contributed by atoms with Gasteiger partial charge < -0.3 is 19.5 Å². The minimum atomic E-state index is -0.602. The zero-order valence-electron chi connectivity index (χ0n) is 15.5. The van der Waals surface area contributed by atoms with Crippen molar-refractivity contribution in [3.05, 3.63) is 35.7 Å². The molecule has 0 atom stereocenters. The Bertz CT molecular complexity index is 776. The number of benzene rings is 1. The lowest BCUT2D eigenvalue weighted by Gasteiger charge is -2.13. The summed E-state index contributed by atoms with van der Waals surface area (Å²) in [7, 11) is 2.93. The van der Waals surface area contributed by atoms with Crippen LogP contribution in [0.2, 0.25) is 0 Å². The van der Waals surface area contributed by atoms with Gasteiger partial charge in [0.1, 0.15) is 17.1 Å². The van der Waals surface area contributed by atoms with Crippen LogP contribution in [-0.2, 0) is 11.3 Å². The largest absolute Gasteiger partial charge is 0.496 e. The van der Waals surface area contributed by atoms with Crippen LogP contribution in [0.15, 0.2) is 24.4 Å². The second kappa shape index (κ2) is 8.37. The Morgan fingerprint density at radius 2 is 1.81 bits per heavy atom. The lowest BCUT2D eigenvalue weighted by Crippen LogP contribution is -2.18. The zero-order valence-corrected chi connectivity index (χ0v) is 15.5. The van der Waals surface area contributed by atoms with E-state index in [4.69, 9.17) is 14.2 Å². The molecule has 0 fully saturated rings. The number of ether oxygens (including phenoxy) is 3. The van der Waals surface area contributed by atoms with Crippen molar-refractivity contribution in [3.63, 3.8) is 0 Å². The Labute approximate surface area is 152 Å². The maximum Gasteiger partial charge on any atom is 0.361 e. The number of anilines is 1. The van der Waals surface area contributed by atoms with E-state index < -0.39 is 11.9 Å². The molecule has 1 N–H and O–H groups in total. The molecule has 8 heteroatoms. The van der Waals surface area contributed by atoms with Gasteiger partial charge in [-0.3, -0.25) is 9.48 Å². The van der Waals surface area contributed by atoms with Crippen molar-refractivity contribution in [3.8, 4) is 11.5 Å². The molecular formula is C18H23N3O5. The van der Waals surface area contributed by atoms with Gasteiger partial charge in [0.25, 0.3) is 5.91 Å². The first-order valence-electron chi connectivity index (χ1n) is 8.22. The highest BCUT2D eigenvalue weighted by atomic mass is 16.5. The van der Waals surface area contributed by atoms with Crippen LogP contribution in [0.4, 0.5) is 5.69 Å². The molecule has 2 rings (SSSR count). The lowest BCUT2D eigenvalue weighted by molar-refractivity contribution is 0.0371. The van der Waals surface area contributed by atoms with E-state index in [0.29, 0.717) is 18.0 Å². The van der Waals surface area contributed by atoms with Crippen molar-refractivity contribution >= 4 is 17.6 Å². The van der Waals surface area contributed by atoms with Crippen LogP contribution in [0.1, 0.15) is 41.6 Å². The van der Waals surface area contributed by atoms with E-state index in [0.717, 1.165) is 0 Å². The van der Waals surface area contributed by atoms with Crippen molar-refractivity contribution in [1.29, 1.82) is 0 Å². The zero-order chi connectivity index (χ0) is 19.3. The molecule has 0 aliphatic carbocycles. The first-order valence-corrected chi connectivity index (χ1v) is 8.22. The summed E-state index contributed by atoms with van der Waals surface area (Å²) in [5.74, 6) is -0.366. The van der Waals surface area contributed by atoms with E-state index in [1.54, 1.807) is 42.9 Å². The Hall–Kier alpha value is -3.03. The van der Waals surface area contributed by atoms with Gasteiger partial charge >= 0.3 is 5.97 Å². The van der Waals surface area contributed by atoms with Crippen molar-refractivity contribution in [2.24, 2.45) is 0 Å². The summed E-state index contributed by atoms with van der Waals surface area (Å²) in [5.41, 5.74) is 0.531. The monoisotopic (exact) mass is 361 g/mol. The van der Waals surface area contributed by atoms with E-state index in [-0.39, 0.29) is 23.0 Å². The Morgan fingerprint density at radius 1 is 1.19 bits per heavy atom. The third kappa shape index (κ3) is 4.14. The van der Waals surface area contributed by atoms with Gasteiger partial charge in [-0.25, -0.2) is 4.79 Å². The van der Waals surface area contributed by atoms with E-state index in [2.05, 4.69) is 10.4 Å². The van der Waals surface area contributed by atoms with Gasteiger partial charge in [0.15, 0.2) is 5.69 Å². The van der Waals surface area contributed by atoms with Crippen molar-refractivity contribution in [2.45, 2.75) is 33.4 Å². The number of amides is 1. The third-order valence-electron chi connectivity index (χ3n) is 3.52. The minimum absolute atomic E-state index is 0.0442. The molecule has 0 unspecified atom stereocenters. The van der Waals surface area contributed by atoms with E-state index in [9.17, 15) is 9.59 Å². The lowest BCUT2D eigenvalue weighted by atomic mass is 10.1. The first-order chi connectivity index (χ1) is 12.4. The van der Waals surface area contributed by atoms with Gasteiger partial charge in [-0.1, -0.05) is 6.07 Å². The van der Waals surface area contributed by atoms with Crippen molar-refractivity contribution in [1.82, 2.24) is 9.78 Å². The number of hydrogen-bond acceptors (Lipinski definition) is 6. The smallest absolute Gasteiger partial charge is 0.361 e. The van der Waals surface area contributed by atoms with Gasteiger partial charge in [-0.15, -0.1) is 0 Å². The molecule has 8 nitrogen and oxygen atoms in total. The van der Waals surface area contributed by atoms with Gasteiger partial charge in [0, 0.05) is 12.7 Å². The number of methoxy groups -OCH3 is 2. The fourth-order valence-corrected chi connectivity index (χ4v) is 2.36. The molecule has 1 aromatic heterocycles. The van der Waals surface area contributed by atoms with Crippen molar-refractivity contribution in [2.75, 3.05) is 19.5 Å². The van der Waals surface area contributed by atoms with Gasteiger partial charge in [-0.2, -0.15) is 5.10 Å². The molecule has 0 radical (unpaired) electrons. The van der Waals surface area contributed by atoms with Crippen molar-refractivity contribution < 1.29 is 23.8 Å². The molecule has 1 amide bonds. The molecule has 1 aromatic carbocycles. The van der Waals surface area contributed by atoms with E-state index in [1.807, 2.05) is 6.92 Å². The van der Waals surface area contributed by atoms with Crippen LogP contribution in [0.3, 0.4) is 0 Å². The molecular weight excluding hydrogens is 338 g/mol. The summed E-state index contributed by atoms with van der Waals surface area (Å²) in [6, 6.07) is 5.02. The summed E-state index contributed by atoms with van der Waals surface area (Å²) >= 11 is 0. The number of carbonyl (C=O) groups is 2. The average Bonchev–Trinajstić information content (AvgIpc) is 3.03. The number of carbonyl (C=O) groups excluding carboxylic acids is 2. The van der Waals surface area contributed by atoms with Gasteiger partial charge in [0.05, 0.1) is 26.0 Å². The number of nitrogens with zero attached hydrogens (tertiary/aromatic N) is 2. The number of esters is 1. The van der Waals surface area contributed by atoms with E-state index in [1.165, 1.54) is 14.2 Å². The molecule has 2 aromatic rings. The maximum atomic E-state index is 12.8. The Morgan fingerprint density at radius 3 is 2.31 bits per heavy atom. The fraction of sp³-hybridized carbons (Fsp3) is 0.389. The van der Waals surface area contributed by atoms with Crippen LogP contribution in [0.25, 0.3) is 0 Å². The molecule has 0 aliphatic heterocycles. The van der Waals surface area contributed by atoms with Crippen LogP contribution in [-0.4, -0.2) is 42.0 Å². The highest BCUT2D eigenvalue weighted by Crippen LogP contribution is 2.29. The Balaban J connectivity index is 2.38. The highest BCUT2D eigenvalue weighted by molar-refractivity contribution is 6.10. The maximum absolute atomic E-state index is 12.8. The minimum Gasteiger partial charge on any atom is -0.496 e. The molecule has 0 spiro atoms. The summed E-state index contributed by atoms with van der Waals surface area (Å²) in [4.78, 5) is 25.1. The molecule has 0 saturated heterocycles. The second-order valence-electron chi connectivity index (χ2n) is 5.69. The molecule has 0 bridgehead atoms.